The quantitative estimate of drug-likeness (QED) is 0.214. The summed E-state index contributed by atoms with van der Waals surface area (Å²) in [5.41, 5.74) is 11.7. The van der Waals surface area contributed by atoms with Crippen molar-refractivity contribution in [2.45, 2.75) is 13.8 Å². The lowest BCUT2D eigenvalue weighted by atomic mass is 9.94. The van der Waals surface area contributed by atoms with E-state index in [-0.39, 0.29) is 0 Å². The summed E-state index contributed by atoms with van der Waals surface area (Å²) in [6, 6.07) is 44.5. The van der Waals surface area contributed by atoms with E-state index in [0.717, 1.165) is 65.9 Å². The number of aryl methyl sites for hydroxylation is 2. The molecule has 0 amide bonds. The van der Waals surface area contributed by atoms with Crippen LogP contribution in [-0.2, 0) is 0 Å². The van der Waals surface area contributed by atoms with Crippen molar-refractivity contribution in [1.82, 2.24) is 14.5 Å². The molecule has 0 unspecified atom stereocenters. The molecule has 208 valence electrons. The topological polar surface area (TPSA) is 43.9 Å². The minimum Gasteiger partial charge on any atom is -0.455 e. The van der Waals surface area contributed by atoms with Crippen LogP contribution in [0.15, 0.2) is 132 Å². The van der Waals surface area contributed by atoms with E-state index in [1.165, 1.54) is 22.3 Å². The Morgan fingerprint density at radius 3 is 2.14 bits per heavy atom. The van der Waals surface area contributed by atoms with Gasteiger partial charge in [-0.25, -0.2) is 9.97 Å². The largest absolute Gasteiger partial charge is 0.455 e. The Hall–Kier alpha value is -5.74. The fraction of sp³-hybridized carbons (Fsp3) is 0.0500. The van der Waals surface area contributed by atoms with Gasteiger partial charge in [-0.2, -0.15) is 0 Å². The molecule has 0 bridgehead atoms. The molecule has 0 atom stereocenters. The molecular weight excluding hydrogens is 538 g/mol. The molecular formula is C40H27N3O. The number of fused-ring (bicyclic) bond motifs is 8. The average molecular weight is 566 g/mol. The third-order valence-electron chi connectivity index (χ3n) is 8.91. The second-order valence-electron chi connectivity index (χ2n) is 11.5. The molecule has 6 aromatic carbocycles. The Kier molecular flexibility index (Phi) is 5.29. The van der Waals surface area contributed by atoms with Gasteiger partial charge in [0.2, 0.25) is 5.95 Å². The highest BCUT2D eigenvalue weighted by Crippen LogP contribution is 2.41. The van der Waals surface area contributed by atoms with Gasteiger partial charge in [-0.15, -0.1) is 0 Å². The van der Waals surface area contributed by atoms with Crippen molar-refractivity contribution < 1.29 is 4.42 Å². The van der Waals surface area contributed by atoms with Crippen LogP contribution in [0, 0.1) is 13.8 Å². The number of furan rings is 1. The number of rotatable bonds is 3. The van der Waals surface area contributed by atoms with Crippen LogP contribution in [0.4, 0.5) is 0 Å². The number of nitrogens with zero attached hydrogens (tertiary/aromatic N) is 3. The van der Waals surface area contributed by atoms with Crippen LogP contribution >= 0.6 is 0 Å². The highest BCUT2D eigenvalue weighted by atomic mass is 16.3. The zero-order chi connectivity index (χ0) is 29.4. The molecule has 0 aliphatic carbocycles. The first-order chi connectivity index (χ1) is 21.7. The minimum absolute atomic E-state index is 0.640. The van der Waals surface area contributed by atoms with E-state index in [9.17, 15) is 0 Å². The van der Waals surface area contributed by atoms with Crippen molar-refractivity contribution in [3.63, 3.8) is 0 Å². The smallest absolute Gasteiger partial charge is 0.235 e. The van der Waals surface area contributed by atoms with Gasteiger partial charge in [0.05, 0.1) is 27.6 Å². The van der Waals surface area contributed by atoms with Crippen LogP contribution in [0.1, 0.15) is 11.1 Å². The van der Waals surface area contributed by atoms with Crippen molar-refractivity contribution >= 4 is 54.6 Å². The van der Waals surface area contributed by atoms with Crippen molar-refractivity contribution in [2.75, 3.05) is 0 Å². The third kappa shape index (κ3) is 3.58. The summed E-state index contributed by atoms with van der Waals surface area (Å²) in [5.74, 6) is 0.640. The number of hydrogen-bond donors (Lipinski definition) is 0. The monoisotopic (exact) mass is 565 g/mol. The van der Waals surface area contributed by atoms with Crippen molar-refractivity contribution in [1.29, 1.82) is 0 Å². The van der Waals surface area contributed by atoms with Crippen molar-refractivity contribution in [3.05, 3.63) is 139 Å². The van der Waals surface area contributed by atoms with E-state index in [2.05, 4.69) is 128 Å². The lowest BCUT2D eigenvalue weighted by Crippen LogP contribution is -2.03. The van der Waals surface area contributed by atoms with Gasteiger partial charge in [0, 0.05) is 27.1 Å². The maximum Gasteiger partial charge on any atom is 0.235 e. The van der Waals surface area contributed by atoms with E-state index < -0.39 is 0 Å². The summed E-state index contributed by atoms with van der Waals surface area (Å²) in [7, 11) is 0. The number of hydrogen-bond acceptors (Lipinski definition) is 3. The molecule has 0 aliphatic heterocycles. The molecule has 44 heavy (non-hydrogen) atoms. The Balaban J connectivity index is 1.32. The zero-order valence-corrected chi connectivity index (χ0v) is 24.4. The molecule has 4 nitrogen and oxygen atoms in total. The first-order valence-corrected chi connectivity index (χ1v) is 14.9. The predicted molar refractivity (Wildman–Crippen MR) is 182 cm³/mol. The van der Waals surface area contributed by atoms with Crippen LogP contribution in [-0.4, -0.2) is 14.5 Å². The number of benzene rings is 6. The summed E-state index contributed by atoms with van der Waals surface area (Å²) in [6.45, 7) is 4.35. The molecule has 0 fully saturated rings. The molecule has 0 saturated heterocycles. The van der Waals surface area contributed by atoms with Gasteiger partial charge in [0.1, 0.15) is 11.2 Å². The molecule has 9 rings (SSSR count). The van der Waals surface area contributed by atoms with Crippen molar-refractivity contribution in [3.8, 4) is 28.3 Å². The second-order valence-corrected chi connectivity index (χ2v) is 11.5. The van der Waals surface area contributed by atoms with E-state index >= 15 is 0 Å². The molecule has 0 N–H and O–H groups in total. The van der Waals surface area contributed by atoms with Crippen LogP contribution in [0.3, 0.4) is 0 Å². The fourth-order valence-electron chi connectivity index (χ4n) is 6.82. The molecule has 0 radical (unpaired) electrons. The van der Waals surface area contributed by atoms with Crippen LogP contribution in [0.2, 0.25) is 0 Å². The summed E-state index contributed by atoms with van der Waals surface area (Å²) >= 11 is 0. The van der Waals surface area contributed by atoms with Gasteiger partial charge in [-0.05, 0) is 72.5 Å². The Morgan fingerprint density at radius 2 is 1.27 bits per heavy atom. The number of aromatic nitrogens is 3. The first kappa shape index (κ1) is 24.8. The Labute approximate surface area is 253 Å². The van der Waals surface area contributed by atoms with Crippen LogP contribution < -0.4 is 0 Å². The predicted octanol–water partition coefficient (Wildman–Crippen LogP) is 10.6. The Bertz CT molecular complexity index is 2590. The summed E-state index contributed by atoms with van der Waals surface area (Å²) in [6.07, 6.45) is 0. The molecule has 9 aromatic rings. The SMILES string of the molecule is Cc1ccccc1-c1ccc(-c2nc(-n3c4ccccc4c4c5oc6ccccc6c5ccc43)nc3ccccc23)cc1C. The van der Waals surface area contributed by atoms with Gasteiger partial charge in [-0.3, -0.25) is 4.57 Å². The fourth-order valence-corrected chi connectivity index (χ4v) is 6.82. The van der Waals surface area contributed by atoms with Crippen LogP contribution in [0.5, 0.6) is 0 Å². The molecule has 3 heterocycles. The van der Waals surface area contributed by atoms with Gasteiger partial charge in [0.25, 0.3) is 0 Å². The number of para-hydroxylation sites is 3. The van der Waals surface area contributed by atoms with Gasteiger partial charge >= 0.3 is 0 Å². The third-order valence-corrected chi connectivity index (χ3v) is 8.91. The minimum atomic E-state index is 0.640. The lowest BCUT2D eigenvalue weighted by Gasteiger charge is -2.14. The molecule has 0 saturated carbocycles. The van der Waals surface area contributed by atoms with Gasteiger partial charge in [-0.1, -0.05) is 91.0 Å². The van der Waals surface area contributed by atoms with E-state index in [1.807, 2.05) is 18.2 Å². The molecule has 0 aliphatic rings. The normalized spacial score (nSPS) is 11.9. The maximum absolute atomic E-state index is 6.50. The van der Waals surface area contributed by atoms with Gasteiger partial charge < -0.3 is 4.42 Å². The summed E-state index contributed by atoms with van der Waals surface area (Å²) < 4.78 is 8.68. The molecule has 0 spiro atoms. The molecule has 4 heteroatoms. The standard InChI is InChI=1S/C40H27N3O/c1-24-11-3-4-12-27(24)28-20-19-26(23-25(28)2)38-31-14-5-8-16-33(31)41-40(42-38)43-34-17-9-6-15-32(34)37-35(43)22-21-30-29-13-7-10-18-36(29)44-39(30)37/h3-23H,1-2H3. The second kappa shape index (κ2) is 9.38. The summed E-state index contributed by atoms with van der Waals surface area (Å²) in [4.78, 5) is 10.5. The van der Waals surface area contributed by atoms with E-state index in [1.54, 1.807) is 0 Å². The summed E-state index contributed by atoms with van der Waals surface area (Å²) in [5, 5.41) is 5.45. The van der Waals surface area contributed by atoms with E-state index in [0.29, 0.717) is 5.95 Å². The first-order valence-electron chi connectivity index (χ1n) is 14.9. The maximum atomic E-state index is 6.50. The zero-order valence-electron chi connectivity index (χ0n) is 24.4. The average Bonchev–Trinajstić information content (AvgIpc) is 3.60. The van der Waals surface area contributed by atoms with E-state index in [4.69, 9.17) is 14.4 Å². The van der Waals surface area contributed by atoms with Gasteiger partial charge in [0.15, 0.2) is 0 Å². The van der Waals surface area contributed by atoms with Crippen molar-refractivity contribution in [2.24, 2.45) is 0 Å². The molecule has 3 aromatic heterocycles. The lowest BCUT2D eigenvalue weighted by molar-refractivity contribution is 0.673. The highest BCUT2D eigenvalue weighted by molar-refractivity contribution is 6.23. The highest BCUT2D eigenvalue weighted by Gasteiger charge is 2.21. The Morgan fingerprint density at radius 1 is 0.545 bits per heavy atom. The van der Waals surface area contributed by atoms with Crippen LogP contribution in [0.25, 0.3) is 83.0 Å².